The van der Waals surface area contributed by atoms with Gasteiger partial charge in [-0.05, 0) is 13.0 Å². The van der Waals surface area contributed by atoms with Crippen molar-refractivity contribution in [2.24, 2.45) is 0 Å². The van der Waals surface area contributed by atoms with Crippen molar-refractivity contribution in [2.45, 2.75) is 19.4 Å². The molecule has 0 saturated heterocycles. The zero-order valence-corrected chi connectivity index (χ0v) is 9.33. The predicted molar refractivity (Wildman–Crippen MR) is 58.6 cm³/mol. The first-order valence-corrected chi connectivity index (χ1v) is 4.99. The summed E-state index contributed by atoms with van der Waals surface area (Å²) >= 11 is 0. The molecule has 0 aliphatic rings. The zero-order valence-electron chi connectivity index (χ0n) is 9.33. The van der Waals surface area contributed by atoms with Crippen LogP contribution in [0.2, 0.25) is 0 Å². The van der Waals surface area contributed by atoms with E-state index in [-0.39, 0.29) is 0 Å². The average molecular weight is 246 g/mol. The molecule has 0 heterocycles. The van der Waals surface area contributed by atoms with Gasteiger partial charge in [-0.15, -0.1) is 0 Å². The molecule has 0 spiro atoms. The largest absolute Gasteiger partial charge is 0.465 e. The van der Waals surface area contributed by atoms with Gasteiger partial charge in [-0.1, -0.05) is 30.9 Å². The quantitative estimate of drug-likeness (QED) is 0.738. The highest BCUT2D eigenvalue weighted by Crippen LogP contribution is 2.21. The Kier molecular flexibility index (Phi) is 4.57. The van der Waals surface area contributed by atoms with Crippen molar-refractivity contribution < 1.29 is 22.6 Å². The van der Waals surface area contributed by atoms with Gasteiger partial charge in [0.1, 0.15) is 12.4 Å². The lowest BCUT2D eigenvalue weighted by Crippen LogP contribution is -2.25. The fourth-order valence-electron chi connectivity index (χ4n) is 1.18. The summed E-state index contributed by atoms with van der Waals surface area (Å²) in [5.41, 5.74) is 0.704. The molecule has 0 aliphatic carbocycles. The molecule has 1 aromatic rings. The van der Waals surface area contributed by atoms with Crippen LogP contribution >= 0.6 is 0 Å². The van der Waals surface area contributed by atoms with Crippen LogP contribution in [-0.4, -0.2) is 19.1 Å². The molecular formula is C12H13F3O2. The number of hydrogen-bond acceptors (Lipinski definition) is 2. The molecule has 0 N–H and O–H groups in total. The number of alkyl halides is 3. The van der Waals surface area contributed by atoms with Crippen molar-refractivity contribution in [1.29, 1.82) is 0 Å². The van der Waals surface area contributed by atoms with Crippen LogP contribution in [0.25, 0.3) is 6.08 Å². The summed E-state index contributed by atoms with van der Waals surface area (Å²) in [5.74, 6) is 0.442. The average Bonchev–Trinajstić information content (AvgIpc) is 2.26. The van der Waals surface area contributed by atoms with E-state index in [1.807, 2.05) is 0 Å². The van der Waals surface area contributed by atoms with Gasteiger partial charge in [-0.25, -0.2) is 0 Å². The number of ether oxygens (including phenoxy) is 2. The SMILES string of the molecule is C=Cc1ccccc1OC(C)OCC(F)(F)F. The number of para-hydroxylation sites is 1. The lowest BCUT2D eigenvalue weighted by Gasteiger charge is -2.17. The van der Waals surface area contributed by atoms with Gasteiger partial charge in [0.2, 0.25) is 0 Å². The fourth-order valence-corrected chi connectivity index (χ4v) is 1.18. The Morgan fingerprint density at radius 3 is 2.59 bits per heavy atom. The molecule has 1 rings (SSSR count). The van der Waals surface area contributed by atoms with Crippen LogP contribution in [0.5, 0.6) is 5.75 Å². The highest BCUT2D eigenvalue weighted by atomic mass is 19.4. The van der Waals surface area contributed by atoms with E-state index in [0.717, 1.165) is 0 Å². The summed E-state index contributed by atoms with van der Waals surface area (Å²) in [6, 6.07) is 6.90. The van der Waals surface area contributed by atoms with Crippen LogP contribution in [-0.2, 0) is 4.74 Å². The molecule has 0 aliphatic heterocycles. The van der Waals surface area contributed by atoms with Crippen LogP contribution in [0.1, 0.15) is 12.5 Å². The number of hydrogen-bond donors (Lipinski definition) is 0. The molecule has 5 heteroatoms. The maximum Gasteiger partial charge on any atom is 0.411 e. The van der Waals surface area contributed by atoms with Crippen LogP contribution in [0.3, 0.4) is 0 Å². The van der Waals surface area contributed by atoms with Gasteiger partial charge in [0.05, 0.1) is 0 Å². The minimum absolute atomic E-state index is 0.442. The van der Waals surface area contributed by atoms with E-state index in [9.17, 15) is 13.2 Å². The number of halogens is 3. The van der Waals surface area contributed by atoms with E-state index in [2.05, 4.69) is 11.3 Å². The van der Waals surface area contributed by atoms with Gasteiger partial charge in [0, 0.05) is 5.56 Å². The molecular weight excluding hydrogens is 233 g/mol. The molecule has 94 valence electrons. The highest BCUT2D eigenvalue weighted by molar-refractivity contribution is 5.55. The summed E-state index contributed by atoms with van der Waals surface area (Å²) in [5, 5.41) is 0. The van der Waals surface area contributed by atoms with Gasteiger partial charge >= 0.3 is 6.18 Å². The summed E-state index contributed by atoms with van der Waals surface area (Å²) in [6.45, 7) is 3.66. The third-order valence-corrected chi connectivity index (χ3v) is 1.91. The van der Waals surface area contributed by atoms with Crippen LogP contribution < -0.4 is 4.74 Å². The van der Waals surface area contributed by atoms with E-state index in [1.165, 1.54) is 6.92 Å². The minimum atomic E-state index is -4.35. The van der Waals surface area contributed by atoms with Crippen molar-refractivity contribution in [3.8, 4) is 5.75 Å². The van der Waals surface area contributed by atoms with E-state index in [0.29, 0.717) is 11.3 Å². The molecule has 0 saturated carbocycles. The van der Waals surface area contributed by atoms with E-state index in [1.54, 1.807) is 30.3 Å². The van der Waals surface area contributed by atoms with Gasteiger partial charge in [0.25, 0.3) is 0 Å². The van der Waals surface area contributed by atoms with E-state index < -0.39 is 19.1 Å². The Hall–Kier alpha value is -1.49. The van der Waals surface area contributed by atoms with Crippen molar-refractivity contribution in [2.75, 3.05) is 6.61 Å². The first kappa shape index (κ1) is 13.6. The fraction of sp³-hybridized carbons (Fsp3) is 0.333. The maximum atomic E-state index is 11.9. The van der Waals surface area contributed by atoms with Crippen molar-refractivity contribution in [3.63, 3.8) is 0 Å². The summed E-state index contributed by atoms with van der Waals surface area (Å²) in [4.78, 5) is 0. The normalized spacial score (nSPS) is 13.2. The third-order valence-electron chi connectivity index (χ3n) is 1.91. The van der Waals surface area contributed by atoms with Gasteiger partial charge in [-0.3, -0.25) is 0 Å². The Bertz CT molecular complexity index is 374. The smallest absolute Gasteiger partial charge is 0.411 e. The standard InChI is InChI=1S/C12H13F3O2/c1-3-10-6-4-5-7-11(10)17-9(2)16-8-12(13,14)15/h3-7,9H,1,8H2,2H3. The molecule has 0 amide bonds. The lowest BCUT2D eigenvalue weighted by molar-refractivity contribution is -0.206. The number of benzene rings is 1. The minimum Gasteiger partial charge on any atom is -0.465 e. The molecule has 0 radical (unpaired) electrons. The van der Waals surface area contributed by atoms with E-state index in [4.69, 9.17) is 4.74 Å². The molecule has 17 heavy (non-hydrogen) atoms. The molecule has 2 nitrogen and oxygen atoms in total. The van der Waals surface area contributed by atoms with Crippen LogP contribution in [0.15, 0.2) is 30.8 Å². The second kappa shape index (κ2) is 5.72. The molecule has 0 bridgehead atoms. The predicted octanol–water partition coefficient (Wildman–Crippen LogP) is 3.63. The molecule has 1 aromatic carbocycles. The van der Waals surface area contributed by atoms with Crippen LogP contribution in [0.4, 0.5) is 13.2 Å². The van der Waals surface area contributed by atoms with E-state index >= 15 is 0 Å². The maximum absolute atomic E-state index is 11.9. The summed E-state index contributed by atoms with van der Waals surface area (Å²) in [6.07, 6.45) is -3.76. The van der Waals surface area contributed by atoms with Gasteiger partial charge < -0.3 is 9.47 Å². The first-order valence-electron chi connectivity index (χ1n) is 4.99. The first-order chi connectivity index (χ1) is 7.92. The van der Waals surface area contributed by atoms with Crippen molar-refractivity contribution >= 4 is 6.08 Å². The molecule has 1 atom stereocenters. The number of rotatable bonds is 5. The summed E-state index contributed by atoms with van der Waals surface area (Å²) in [7, 11) is 0. The lowest BCUT2D eigenvalue weighted by atomic mass is 10.2. The Morgan fingerprint density at radius 2 is 2.00 bits per heavy atom. The Morgan fingerprint density at radius 1 is 1.35 bits per heavy atom. The Balaban J connectivity index is 2.56. The van der Waals surface area contributed by atoms with Gasteiger partial charge in [0.15, 0.2) is 6.29 Å². The second-order valence-electron chi connectivity index (χ2n) is 3.35. The second-order valence-corrected chi connectivity index (χ2v) is 3.35. The summed E-state index contributed by atoms with van der Waals surface area (Å²) < 4.78 is 45.5. The molecule has 0 fully saturated rings. The third kappa shape index (κ3) is 4.91. The molecule has 0 aromatic heterocycles. The van der Waals surface area contributed by atoms with Crippen molar-refractivity contribution in [1.82, 2.24) is 0 Å². The topological polar surface area (TPSA) is 18.5 Å². The monoisotopic (exact) mass is 246 g/mol. The highest BCUT2D eigenvalue weighted by Gasteiger charge is 2.28. The zero-order chi connectivity index (χ0) is 12.9. The van der Waals surface area contributed by atoms with Gasteiger partial charge in [-0.2, -0.15) is 13.2 Å². The van der Waals surface area contributed by atoms with Crippen LogP contribution in [0, 0.1) is 0 Å². The Labute approximate surface area is 97.7 Å². The van der Waals surface area contributed by atoms with Crippen molar-refractivity contribution in [3.05, 3.63) is 36.4 Å². The molecule has 1 unspecified atom stereocenters.